The van der Waals surface area contributed by atoms with E-state index in [-0.39, 0.29) is 36.6 Å². The normalized spacial score (nSPS) is 16.4. The van der Waals surface area contributed by atoms with Gasteiger partial charge in [-0.2, -0.15) is 13.5 Å². The second kappa shape index (κ2) is 15.0. The van der Waals surface area contributed by atoms with Gasteiger partial charge < -0.3 is 30.0 Å². The first-order chi connectivity index (χ1) is 14.8. The molecule has 1 heterocycles. The van der Waals surface area contributed by atoms with E-state index in [1.807, 2.05) is 0 Å². The maximum Gasteiger partial charge on any atom is 0.480 e. The van der Waals surface area contributed by atoms with Gasteiger partial charge in [-0.25, -0.2) is 0 Å². The van der Waals surface area contributed by atoms with Crippen molar-refractivity contribution in [3.63, 3.8) is 0 Å². The first-order valence-corrected chi connectivity index (χ1v) is 11.1. The Hall–Kier alpha value is -1.01. The predicted octanol–water partition coefficient (Wildman–Crippen LogP) is 2.05. The summed E-state index contributed by atoms with van der Waals surface area (Å²) in [5.74, 6) is -1.00. The van der Waals surface area contributed by atoms with Gasteiger partial charge in [-0.05, 0) is 30.5 Å². The molecule has 0 unspecified atom stereocenters. The highest BCUT2D eigenvalue weighted by atomic mass is 35.5. The lowest BCUT2D eigenvalue weighted by Gasteiger charge is -2.29. The molecule has 2 amide bonds. The smallest absolute Gasteiger partial charge is 0.408 e. The SMILES string of the molecule is COC[C@H](NC(=O)c1cc(Cl)ccc1Cl)C(=O)N[C@@H](CC(C)C)B1OCCNCCO1.S. The second-order valence-corrected chi connectivity index (χ2v) is 8.55. The molecule has 32 heavy (non-hydrogen) atoms. The standard InChI is InChI=1S/C20H30BCl2N3O5.H2S/c1-13(2)10-18(21-30-8-6-24-7-9-31-21)26-20(28)17(12-29-3)25-19(27)15-11-14(22)4-5-16(15)23;/h4-5,11,13,17-18,24H,6-10,12H2,1-3H3,(H,25,27)(H,26,28);1H2/t17-,18-;/m0./s1. The molecule has 1 fully saturated rings. The highest BCUT2D eigenvalue weighted by Gasteiger charge is 2.35. The maximum absolute atomic E-state index is 13.1. The highest BCUT2D eigenvalue weighted by Crippen LogP contribution is 2.20. The molecule has 0 bridgehead atoms. The van der Waals surface area contributed by atoms with Crippen LogP contribution in [0.4, 0.5) is 0 Å². The van der Waals surface area contributed by atoms with Crippen molar-refractivity contribution in [2.75, 3.05) is 40.0 Å². The van der Waals surface area contributed by atoms with E-state index in [2.05, 4.69) is 29.8 Å². The number of methoxy groups -OCH3 is 1. The fourth-order valence-corrected chi connectivity index (χ4v) is 3.56. The van der Waals surface area contributed by atoms with Gasteiger partial charge in [0.25, 0.3) is 5.91 Å². The van der Waals surface area contributed by atoms with Crippen LogP contribution in [-0.4, -0.2) is 70.9 Å². The van der Waals surface area contributed by atoms with Crippen molar-refractivity contribution in [1.82, 2.24) is 16.0 Å². The molecule has 0 radical (unpaired) electrons. The first-order valence-electron chi connectivity index (χ1n) is 10.3. The van der Waals surface area contributed by atoms with Crippen LogP contribution in [0.2, 0.25) is 10.0 Å². The van der Waals surface area contributed by atoms with E-state index in [9.17, 15) is 9.59 Å². The van der Waals surface area contributed by atoms with Crippen LogP contribution >= 0.6 is 36.7 Å². The topological polar surface area (TPSA) is 97.9 Å². The van der Waals surface area contributed by atoms with Gasteiger partial charge in [-0.3, -0.25) is 9.59 Å². The zero-order chi connectivity index (χ0) is 22.8. The molecule has 0 spiro atoms. The maximum atomic E-state index is 13.1. The number of amides is 2. The summed E-state index contributed by atoms with van der Waals surface area (Å²) in [6, 6.07) is 3.63. The van der Waals surface area contributed by atoms with E-state index < -0.39 is 25.0 Å². The Morgan fingerprint density at radius 2 is 1.84 bits per heavy atom. The molecule has 3 N–H and O–H groups in total. The molecule has 1 aromatic carbocycles. The van der Waals surface area contributed by atoms with Gasteiger partial charge in [0, 0.05) is 38.4 Å². The molecule has 0 aliphatic carbocycles. The third-order valence-electron chi connectivity index (χ3n) is 4.63. The van der Waals surface area contributed by atoms with Gasteiger partial charge in [0.1, 0.15) is 6.04 Å². The molecule has 1 aliphatic rings. The molecule has 1 saturated heterocycles. The Labute approximate surface area is 207 Å². The van der Waals surface area contributed by atoms with Gasteiger partial charge in [0.2, 0.25) is 5.91 Å². The van der Waals surface area contributed by atoms with Crippen molar-refractivity contribution in [2.45, 2.75) is 32.3 Å². The van der Waals surface area contributed by atoms with E-state index in [0.717, 1.165) is 0 Å². The molecule has 12 heteroatoms. The van der Waals surface area contributed by atoms with Gasteiger partial charge in [0.05, 0.1) is 23.1 Å². The summed E-state index contributed by atoms with van der Waals surface area (Å²) in [6.45, 7) is 6.47. The summed E-state index contributed by atoms with van der Waals surface area (Å²) < 4.78 is 16.8. The van der Waals surface area contributed by atoms with Gasteiger partial charge in [0.15, 0.2) is 0 Å². The summed E-state index contributed by atoms with van der Waals surface area (Å²) in [5.41, 5.74) is 0.181. The number of nitrogens with one attached hydrogen (secondary N) is 3. The van der Waals surface area contributed by atoms with Gasteiger partial charge in [-0.15, -0.1) is 0 Å². The van der Waals surface area contributed by atoms with Crippen molar-refractivity contribution >= 4 is 55.6 Å². The Morgan fingerprint density at radius 3 is 2.44 bits per heavy atom. The van der Waals surface area contributed by atoms with Crippen molar-refractivity contribution in [3.8, 4) is 0 Å². The van der Waals surface area contributed by atoms with Gasteiger partial charge >= 0.3 is 7.12 Å². The van der Waals surface area contributed by atoms with Crippen LogP contribution in [0.5, 0.6) is 0 Å². The van der Waals surface area contributed by atoms with Gasteiger partial charge in [-0.1, -0.05) is 37.0 Å². The van der Waals surface area contributed by atoms with Crippen LogP contribution in [0.3, 0.4) is 0 Å². The van der Waals surface area contributed by atoms with E-state index in [0.29, 0.717) is 43.7 Å². The van der Waals surface area contributed by atoms with Crippen molar-refractivity contribution in [2.24, 2.45) is 5.92 Å². The largest absolute Gasteiger partial charge is 0.480 e. The minimum Gasteiger partial charge on any atom is -0.408 e. The number of ether oxygens (including phenoxy) is 1. The lowest BCUT2D eigenvalue weighted by atomic mass is 9.73. The van der Waals surface area contributed by atoms with Crippen molar-refractivity contribution in [3.05, 3.63) is 33.8 Å². The molecule has 8 nitrogen and oxygen atoms in total. The molecule has 180 valence electrons. The zero-order valence-electron chi connectivity index (χ0n) is 18.6. The summed E-state index contributed by atoms with van der Waals surface area (Å²) in [7, 11) is 0.882. The third kappa shape index (κ3) is 9.47. The van der Waals surface area contributed by atoms with Crippen LogP contribution in [0.15, 0.2) is 18.2 Å². The Morgan fingerprint density at radius 1 is 1.19 bits per heavy atom. The fourth-order valence-electron chi connectivity index (χ4n) is 3.19. The summed E-state index contributed by atoms with van der Waals surface area (Å²) in [6.07, 6.45) is 0.650. The molecular weight excluding hydrogens is 476 g/mol. The predicted molar refractivity (Wildman–Crippen MR) is 132 cm³/mol. The number of carbonyl (C=O) groups is 2. The first kappa shape index (κ1) is 29.0. The van der Waals surface area contributed by atoms with E-state index in [1.54, 1.807) is 6.07 Å². The van der Waals surface area contributed by atoms with E-state index in [4.69, 9.17) is 37.2 Å². The molecule has 0 saturated carbocycles. The van der Waals surface area contributed by atoms with E-state index in [1.165, 1.54) is 19.2 Å². The van der Waals surface area contributed by atoms with Crippen LogP contribution in [-0.2, 0) is 18.8 Å². The molecule has 2 rings (SSSR count). The number of halogens is 2. The minimum absolute atomic E-state index is 0. The second-order valence-electron chi connectivity index (χ2n) is 7.71. The van der Waals surface area contributed by atoms with Crippen LogP contribution in [0, 0.1) is 5.92 Å². The lowest BCUT2D eigenvalue weighted by Crippen LogP contribution is -2.57. The monoisotopic (exact) mass is 507 g/mol. The summed E-state index contributed by atoms with van der Waals surface area (Å²) in [5, 5.41) is 9.44. The number of hydrogen-bond acceptors (Lipinski definition) is 6. The number of rotatable bonds is 9. The number of hydrogen-bond donors (Lipinski definition) is 3. The highest BCUT2D eigenvalue weighted by molar-refractivity contribution is 7.59. The molecule has 1 aromatic rings. The average Bonchev–Trinajstić information content (AvgIpc) is 2.68. The zero-order valence-corrected chi connectivity index (χ0v) is 21.1. The van der Waals surface area contributed by atoms with Crippen LogP contribution in [0.1, 0.15) is 30.6 Å². The molecule has 2 atom stereocenters. The van der Waals surface area contributed by atoms with Crippen LogP contribution in [0.25, 0.3) is 0 Å². The van der Waals surface area contributed by atoms with Crippen molar-refractivity contribution < 1.29 is 23.6 Å². The summed E-state index contributed by atoms with van der Waals surface area (Å²) >= 11 is 12.1. The Balaban J connectivity index is 0.00000512. The van der Waals surface area contributed by atoms with Crippen LogP contribution < -0.4 is 16.0 Å². The summed E-state index contributed by atoms with van der Waals surface area (Å²) in [4.78, 5) is 25.8. The number of carbonyl (C=O) groups excluding carboxylic acids is 2. The quantitative estimate of drug-likeness (QED) is 0.442. The third-order valence-corrected chi connectivity index (χ3v) is 5.20. The Bertz CT molecular complexity index is 739. The Kier molecular flexibility index (Phi) is 13.6. The molecule has 0 aromatic heterocycles. The molecular formula is C20H32BCl2N3O5S. The average molecular weight is 508 g/mol. The fraction of sp³-hybridized carbons (Fsp3) is 0.600. The number of benzene rings is 1. The molecule has 1 aliphatic heterocycles. The van der Waals surface area contributed by atoms with E-state index >= 15 is 0 Å². The lowest BCUT2D eigenvalue weighted by molar-refractivity contribution is -0.124. The minimum atomic E-state index is -0.933. The van der Waals surface area contributed by atoms with Crippen molar-refractivity contribution in [1.29, 1.82) is 0 Å².